The Hall–Kier alpha value is -4.12. The Bertz CT molecular complexity index is 1360. The van der Waals surface area contributed by atoms with Gasteiger partial charge in [-0.3, -0.25) is 9.78 Å². The molecule has 3 heterocycles. The van der Waals surface area contributed by atoms with Crippen molar-refractivity contribution in [3.8, 4) is 11.4 Å². The zero-order valence-corrected chi connectivity index (χ0v) is 18.1. The fraction of sp³-hybridized carbons (Fsp3) is 0.167. The van der Waals surface area contributed by atoms with Crippen LogP contribution >= 0.6 is 0 Å². The molecule has 3 N–H and O–H groups in total. The third-order valence-electron chi connectivity index (χ3n) is 5.11. The number of aliphatic hydroxyl groups excluding tert-OH is 1. The van der Waals surface area contributed by atoms with Crippen LogP contribution in [0, 0.1) is 0 Å². The SMILES string of the molecule is O=C(NCCO)c1cnc(-c2ccc3c(Nc4ccc(C(F)(F)F)cc4)ccnc3n2)c(CF)c1. The molecule has 4 rings (SSSR count). The summed E-state index contributed by atoms with van der Waals surface area (Å²) in [7, 11) is 0. The molecule has 0 fully saturated rings. The van der Waals surface area contributed by atoms with Gasteiger partial charge in [-0.15, -0.1) is 0 Å². The summed E-state index contributed by atoms with van der Waals surface area (Å²) in [5, 5.41) is 15.0. The largest absolute Gasteiger partial charge is 0.416 e. The van der Waals surface area contributed by atoms with Gasteiger partial charge in [0, 0.05) is 35.6 Å². The molecule has 180 valence electrons. The second kappa shape index (κ2) is 10.0. The first kappa shape index (κ1) is 24.0. The molecule has 4 aromatic rings. The maximum absolute atomic E-state index is 13.8. The predicted molar refractivity (Wildman–Crippen MR) is 122 cm³/mol. The number of benzene rings is 1. The molecule has 3 aromatic heterocycles. The molecule has 11 heteroatoms. The zero-order valence-electron chi connectivity index (χ0n) is 18.1. The molecule has 0 saturated carbocycles. The quantitative estimate of drug-likeness (QED) is 0.330. The molecule has 0 atom stereocenters. The fourth-order valence-electron chi connectivity index (χ4n) is 3.41. The fourth-order valence-corrected chi connectivity index (χ4v) is 3.41. The molecule has 0 saturated heterocycles. The number of pyridine rings is 3. The van der Waals surface area contributed by atoms with Crippen LogP contribution in [0.2, 0.25) is 0 Å². The van der Waals surface area contributed by atoms with Crippen molar-refractivity contribution >= 4 is 28.3 Å². The number of nitrogens with zero attached hydrogens (tertiary/aromatic N) is 3. The molecule has 0 spiro atoms. The molecule has 7 nitrogen and oxygen atoms in total. The summed E-state index contributed by atoms with van der Waals surface area (Å²) >= 11 is 0. The van der Waals surface area contributed by atoms with E-state index >= 15 is 0 Å². The van der Waals surface area contributed by atoms with Crippen molar-refractivity contribution in [3.63, 3.8) is 0 Å². The Morgan fingerprint density at radius 1 is 1.03 bits per heavy atom. The summed E-state index contributed by atoms with van der Waals surface area (Å²) in [6.07, 6.45) is -1.64. The summed E-state index contributed by atoms with van der Waals surface area (Å²) in [6.45, 7) is -1.05. The number of carbonyl (C=O) groups is 1. The molecular formula is C24H19F4N5O2. The van der Waals surface area contributed by atoms with Gasteiger partial charge in [0.05, 0.1) is 34.8 Å². The minimum absolute atomic E-state index is 0.0618. The number of carbonyl (C=O) groups excluding carboxylic acids is 1. The first-order valence-corrected chi connectivity index (χ1v) is 10.4. The second-order valence-electron chi connectivity index (χ2n) is 7.47. The highest BCUT2D eigenvalue weighted by Crippen LogP contribution is 2.32. The third-order valence-corrected chi connectivity index (χ3v) is 5.11. The molecule has 0 bridgehead atoms. The van der Waals surface area contributed by atoms with Gasteiger partial charge in [-0.25, -0.2) is 14.4 Å². The highest BCUT2D eigenvalue weighted by Gasteiger charge is 2.30. The molecule has 35 heavy (non-hydrogen) atoms. The van der Waals surface area contributed by atoms with E-state index in [1.54, 1.807) is 18.2 Å². The van der Waals surface area contributed by atoms with Crippen molar-refractivity contribution in [1.82, 2.24) is 20.3 Å². The standard InChI is InChI=1S/C24H19F4N5O2/c25-12-14-11-15(23(35)30-9-10-34)13-31-21(14)20-6-5-18-19(7-8-29-22(18)33-20)32-17-3-1-16(2-4-17)24(26,27)28/h1-8,11,13,34H,9-10,12H2,(H,30,35)(H,29,32,33). The van der Waals surface area contributed by atoms with Crippen molar-refractivity contribution in [1.29, 1.82) is 0 Å². The van der Waals surface area contributed by atoms with Crippen molar-refractivity contribution in [2.24, 2.45) is 0 Å². The van der Waals surface area contributed by atoms with E-state index in [1.165, 1.54) is 30.6 Å². The van der Waals surface area contributed by atoms with Crippen molar-refractivity contribution in [2.75, 3.05) is 18.5 Å². The third kappa shape index (κ3) is 5.35. The average molecular weight is 485 g/mol. The van der Waals surface area contributed by atoms with E-state index in [0.717, 1.165) is 12.1 Å². The zero-order chi connectivity index (χ0) is 25.0. The summed E-state index contributed by atoms with van der Waals surface area (Å²) in [6, 6.07) is 11.0. The number of hydrogen-bond acceptors (Lipinski definition) is 6. The molecule has 1 aromatic carbocycles. The molecule has 0 radical (unpaired) electrons. The highest BCUT2D eigenvalue weighted by molar-refractivity contribution is 5.95. The van der Waals surface area contributed by atoms with Gasteiger partial charge in [-0.1, -0.05) is 0 Å². The molecule has 1 amide bonds. The van der Waals surface area contributed by atoms with E-state index in [4.69, 9.17) is 5.11 Å². The van der Waals surface area contributed by atoms with Gasteiger partial charge >= 0.3 is 6.18 Å². The van der Waals surface area contributed by atoms with Gasteiger partial charge < -0.3 is 15.7 Å². The molecule has 0 aliphatic rings. The van der Waals surface area contributed by atoms with Crippen molar-refractivity contribution in [2.45, 2.75) is 12.9 Å². The number of alkyl halides is 4. The van der Waals surface area contributed by atoms with E-state index < -0.39 is 24.3 Å². The van der Waals surface area contributed by atoms with Crippen molar-refractivity contribution in [3.05, 3.63) is 77.6 Å². The Labute approximate surface area is 196 Å². The Morgan fingerprint density at radius 2 is 1.80 bits per heavy atom. The van der Waals surface area contributed by atoms with E-state index in [-0.39, 0.29) is 30.0 Å². The van der Waals surface area contributed by atoms with Crippen LogP contribution in [0.5, 0.6) is 0 Å². The lowest BCUT2D eigenvalue weighted by molar-refractivity contribution is -0.137. The number of aliphatic hydroxyl groups is 1. The van der Waals surface area contributed by atoms with Crippen LogP contribution < -0.4 is 10.6 Å². The first-order valence-electron chi connectivity index (χ1n) is 10.4. The van der Waals surface area contributed by atoms with Crippen LogP contribution in [0.4, 0.5) is 28.9 Å². The maximum atomic E-state index is 13.8. The Kier molecular flexibility index (Phi) is 6.87. The van der Waals surface area contributed by atoms with Gasteiger partial charge in [0.25, 0.3) is 5.91 Å². The lowest BCUT2D eigenvalue weighted by Gasteiger charge is -2.12. The molecule has 0 aliphatic carbocycles. The molecular weight excluding hydrogens is 466 g/mol. The minimum atomic E-state index is -4.42. The van der Waals surface area contributed by atoms with E-state index in [0.29, 0.717) is 28.1 Å². The monoisotopic (exact) mass is 485 g/mol. The summed E-state index contributed by atoms with van der Waals surface area (Å²) in [5.74, 6) is -0.486. The topological polar surface area (TPSA) is 100 Å². The highest BCUT2D eigenvalue weighted by atomic mass is 19.4. The van der Waals surface area contributed by atoms with Gasteiger partial charge in [0.1, 0.15) is 6.67 Å². The van der Waals surface area contributed by atoms with Gasteiger partial charge in [0.2, 0.25) is 0 Å². The van der Waals surface area contributed by atoms with Gasteiger partial charge in [0.15, 0.2) is 5.65 Å². The summed E-state index contributed by atoms with van der Waals surface area (Å²) < 4.78 is 52.2. The number of fused-ring (bicyclic) bond motifs is 1. The summed E-state index contributed by atoms with van der Waals surface area (Å²) in [5.41, 5.74) is 1.49. The average Bonchev–Trinajstić information content (AvgIpc) is 2.86. The van der Waals surface area contributed by atoms with E-state index in [2.05, 4.69) is 25.6 Å². The molecule has 0 aliphatic heterocycles. The van der Waals surface area contributed by atoms with Crippen LogP contribution in [0.15, 0.2) is 60.9 Å². The number of nitrogens with one attached hydrogen (secondary N) is 2. The van der Waals surface area contributed by atoms with Crippen molar-refractivity contribution < 1.29 is 27.5 Å². The lowest BCUT2D eigenvalue weighted by Crippen LogP contribution is -2.26. The smallest absolute Gasteiger partial charge is 0.395 e. The normalized spacial score (nSPS) is 11.5. The Balaban J connectivity index is 1.63. The number of hydrogen-bond donors (Lipinski definition) is 3. The van der Waals surface area contributed by atoms with Gasteiger partial charge in [-0.05, 0) is 48.5 Å². The number of halogens is 4. The van der Waals surface area contributed by atoms with E-state index in [1.807, 2.05) is 0 Å². The number of aromatic nitrogens is 3. The first-order chi connectivity index (χ1) is 16.8. The van der Waals surface area contributed by atoms with Crippen LogP contribution in [0.1, 0.15) is 21.5 Å². The van der Waals surface area contributed by atoms with Crippen LogP contribution in [0.3, 0.4) is 0 Å². The van der Waals surface area contributed by atoms with Crippen LogP contribution in [0.25, 0.3) is 22.4 Å². The lowest BCUT2D eigenvalue weighted by atomic mass is 10.1. The van der Waals surface area contributed by atoms with Crippen LogP contribution in [-0.2, 0) is 12.9 Å². The van der Waals surface area contributed by atoms with Crippen LogP contribution in [-0.4, -0.2) is 39.1 Å². The van der Waals surface area contributed by atoms with Gasteiger partial charge in [-0.2, -0.15) is 13.2 Å². The summed E-state index contributed by atoms with van der Waals surface area (Å²) in [4.78, 5) is 25.0. The number of amides is 1. The minimum Gasteiger partial charge on any atom is -0.395 e. The second-order valence-corrected chi connectivity index (χ2v) is 7.47. The Morgan fingerprint density at radius 3 is 2.49 bits per heavy atom. The predicted octanol–water partition coefficient (Wildman–Crippen LogP) is 4.65. The van der Waals surface area contributed by atoms with E-state index in [9.17, 15) is 22.4 Å². The molecule has 0 unspecified atom stereocenters. The number of rotatable bonds is 7. The maximum Gasteiger partial charge on any atom is 0.416 e. The number of anilines is 2.